The Morgan fingerprint density at radius 1 is 1.21 bits per heavy atom. The smallest absolute Gasteiger partial charge is 0.192 e. The molecular weight excluding hydrogens is 251 g/mol. The standard InChI is InChI=1S/C8H4F3N.C5H10.C2H6/c9-8(10,11)7-4-2-1-3-6(7)5-12;1-2-5-3-4-5;1-2/h1-4H;5H,2-4H2,1H3;1-2H3. The van der Waals surface area contributed by atoms with Crippen LogP contribution in [-0.2, 0) is 6.18 Å². The quantitative estimate of drug-likeness (QED) is 0.670. The lowest BCUT2D eigenvalue weighted by Crippen LogP contribution is -2.06. The van der Waals surface area contributed by atoms with E-state index in [4.69, 9.17) is 5.26 Å². The minimum absolute atomic E-state index is 0.343. The fourth-order valence-corrected chi connectivity index (χ4v) is 1.35. The molecule has 1 aromatic rings. The third-order valence-electron chi connectivity index (χ3n) is 2.63. The van der Waals surface area contributed by atoms with Gasteiger partial charge in [0.25, 0.3) is 0 Å². The van der Waals surface area contributed by atoms with E-state index in [1.165, 1.54) is 37.5 Å². The number of hydrogen-bond acceptors (Lipinski definition) is 1. The molecule has 0 amide bonds. The van der Waals surface area contributed by atoms with Crippen molar-refractivity contribution in [3.63, 3.8) is 0 Å². The van der Waals surface area contributed by atoms with Crippen molar-refractivity contribution in [2.24, 2.45) is 5.92 Å². The Hall–Kier alpha value is -1.50. The van der Waals surface area contributed by atoms with Gasteiger partial charge < -0.3 is 0 Å². The maximum Gasteiger partial charge on any atom is 0.417 e. The van der Waals surface area contributed by atoms with Crippen LogP contribution in [0.2, 0.25) is 0 Å². The summed E-state index contributed by atoms with van der Waals surface area (Å²) in [4.78, 5) is 0. The Morgan fingerprint density at radius 2 is 1.74 bits per heavy atom. The summed E-state index contributed by atoms with van der Waals surface area (Å²) in [6.45, 7) is 6.26. The molecule has 1 nitrogen and oxygen atoms in total. The molecule has 0 heterocycles. The summed E-state index contributed by atoms with van der Waals surface area (Å²) in [6.07, 6.45) is -0.000671. The zero-order valence-corrected chi connectivity index (χ0v) is 11.6. The first-order chi connectivity index (χ1) is 8.99. The second-order valence-corrected chi connectivity index (χ2v) is 4.01. The van der Waals surface area contributed by atoms with Crippen LogP contribution in [0.15, 0.2) is 24.3 Å². The van der Waals surface area contributed by atoms with Crippen LogP contribution in [-0.4, -0.2) is 0 Å². The monoisotopic (exact) mass is 271 g/mol. The molecule has 0 saturated heterocycles. The van der Waals surface area contributed by atoms with Crippen LogP contribution in [0, 0.1) is 17.2 Å². The van der Waals surface area contributed by atoms with Crippen molar-refractivity contribution in [3.8, 4) is 6.07 Å². The summed E-state index contributed by atoms with van der Waals surface area (Å²) in [5.74, 6) is 1.13. The van der Waals surface area contributed by atoms with Crippen molar-refractivity contribution in [1.29, 1.82) is 5.26 Å². The first-order valence-electron chi connectivity index (χ1n) is 6.55. The number of nitrogens with zero attached hydrogens (tertiary/aromatic N) is 1. The van der Waals surface area contributed by atoms with E-state index in [2.05, 4.69) is 6.92 Å². The van der Waals surface area contributed by atoms with Gasteiger partial charge in [0.05, 0.1) is 17.2 Å². The summed E-state index contributed by atoms with van der Waals surface area (Å²) in [5, 5.41) is 8.33. The van der Waals surface area contributed by atoms with Gasteiger partial charge in [-0.3, -0.25) is 0 Å². The number of rotatable bonds is 1. The normalized spacial score (nSPS) is 13.3. The number of alkyl halides is 3. The molecule has 0 unspecified atom stereocenters. The van der Waals surface area contributed by atoms with Crippen molar-refractivity contribution in [3.05, 3.63) is 35.4 Å². The van der Waals surface area contributed by atoms with Crippen LogP contribution in [0.5, 0.6) is 0 Å². The van der Waals surface area contributed by atoms with Crippen LogP contribution >= 0.6 is 0 Å². The van der Waals surface area contributed by atoms with Crippen molar-refractivity contribution >= 4 is 0 Å². The van der Waals surface area contributed by atoms with Crippen molar-refractivity contribution in [2.75, 3.05) is 0 Å². The van der Waals surface area contributed by atoms with Gasteiger partial charge in [0.1, 0.15) is 0 Å². The van der Waals surface area contributed by atoms with Gasteiger partial charge >= 0.3 is 6.18 Å². The molecule has 1 fully saturated rings. The van der Waals surface area contributed by atoms with Gasteiger partial charge in [-0.2, -0.15) is 18.4 Å². The molecule has 0 N–H and O–H groups in total. The van der Waals surface area contributed by atoms with Gasteiger partial charge in [-0.15, -0.1) is 0 Å². The first-order valence-corrected chi connectivity index (χ1v) is 6.55. The minimum Gasteiger partial charge on any atom is -0.192 e. The number of benzene rings is 1. The topological polar surface area (TPSA) is 23.8 Å². The highest BCUT2D eigenvalue weighted by atomic mass is 19.4. The summed E-state index contributed by atoms with van der Waals surface area (Å²) in [6, 6.07) is 6.16. The Balaban J connectivity index is 0.000000383. The maximum absolute atomic E-state index is 12.1. The third-order valence-corrected chi connectivity index (χ3v) is 2.63. The fourth-order valence-electron chi connectivity index (χ4n) is 1.35. The van der Waals surface area contributed by atoms with E-state index >= 15 is 0 Å². The van der Waals surface area contributed by atoms with Crippen LogP contribution < -0.4 is 0 Å². The lowest BCUT2D eigenvalue weighted by Gasteiger charge is -2.06. The molecular formula is C15H20F3N. The molecule has 1 saturated carbocycles. The summed E-state index contributed by atoms with van der Waals surface area (Å²) in [7, 11) is 0. The highest BCUT2D eigenvalue weighted by Crippen LogP contribution is 2.31. The van der Waals surface area contributed by atoms with E-state index in [9.17, 15) is 13.2 Å². The second kappa shape index (κ2) is 8.58. The molecule has 4 heteroatoms. The molecule has 19 heavy (non-hydrogen) atoms. The predicted octanol–water partition coefficient (Wildman–Crippen LogP) is 5.41. The number of nitriles is 1. The zero-order chi connectivity index (χ0) is 14.9. The highest BCUT2D eigenvalue weighted by Gasteiger charge is 2.32. The largest absolute Gasteiger partial charge is 0.417 e. The average molecular weight is 271 g/mol. The van der Waals surface area contributed by atoms with E-state index in [0.29, 0.717) is 0 Å². The van der Waals surface area contributed by atoms with Gasteiger partial charge in [0, 0.05) is 0 Å². The molecule has 0 atom stereocenters. The molecule has 2 rings (SSSR count). The van der Waals surface area contributed by atoms with E-state index in [-0.39, 0.29) is 5.56 Å². The maximum atomic E-state index is 12.1. The van der Waals surface area contributed by atoms with E-state index in [1.807, 2.05) is 13.8 Å². The fraction of sp³-hybridized carbons (Fsp3) is 0.533. The lowest BCUT2D eigenvalue weighted by atomic mass is 10.1. The molecule has 0 aliphatic heterocycles. The van der Waals surface area contributed by atoms with Gasteiger partial charge in [0.2, 0.25) is 0 Å². The molecule has 1 aliphatic carbocycles. The van der Waals surface area contributed by atoms with E-state index in [1.54, 1.807) is 0 Å². The summed E-state index contributed by atoms with van der Waals surface area (Å²) in [5.41, 5.74) is -1.22. The summed E-state index contributed by atoms with van der Waals surface area (Å²) < 4.78 is 36.3. The lowest BCUT2D eigenvalue weighted by molar-refractivity contribution is -0.137. The minimum atomic E-state index is -4.44. The predicted molar refractivity (Wildman–Crippen MR) is 70.5 cm³/mol. The Kier molecular flexibility index (Phi) is 7.90. The zero-order valence-electron chi connectivity index (χ0n) is 11.6. The van der Waals surface area contributed by atoms with Gasteiger partial charge in [0.15, 0.2) is 0 Å². The van der Waals surface area contributed by atoms with E-state index < -0.39 is 11.7 Å². The average Bonchev–Trinajstić information content (AvgIpc) is 3.24. The van der Waals surface area contributed by atoms with Crippen LogP contribution in [0.25, 0.3) is 0 Å². The van der Waals surface area contributed by atoms with Gasteiger partial charge in [-0.05, 0) is 18.1 Å². The van der Waals surface area contributed by atoms with Crippen molar-refractivity contribution in [2.45, 2.75) is 46.2 Å². The SMILES string of the molecule is CC.CCC1CC1.N#Cc1ccccc1C(F)(F)F. The molecule has 0 bridgehead atoms. The van der Waals surface area contributed by atoms with Crippen LogP contribution in [0.4, 0.5) is 13.2 Å². The van der Waals surface area contributed by atoms with Crippen LogP contribution in [0.3, 0.4) is 0 Å². The molecule has 1 aromatic carbocycles. The Morgan fingerprint density at radius 3 is 2.00 bits per heavy atom. The molecule has 106 valence electrons. The van der Waals surface area contributed by atoms with E-state index in [0.717, 1.165) is 18.1 Å². The Labute approximate surface area is 113 Å². The van der Waals surface area contributed by atoms with Crippen molar-refractivity contribution < 1.29 is 13.2 Å². The summed E-state index contributed by atoms with van der Waals surface area (Å²) >= 11 is 0. The molecule has 1 aliphatic rings. The van der Waals surface area contributed by atoms with Gasteiger partial charge in [-0.1, -0.05) is 52.2 Å². The van der Waals surface area contributed by atoms with Gasteiger partial charge in [-0.25, -0.2) is 0 Å². The third kappa shape index (κ3) is 6.85. The highest BCUT2D eigenvalue weighted by molar-refractivity contribution is 5.38. The molecule has 0 aromatic heterocycles. The number of hydrogen-bond donors (Lipinski definition) is 0. The Bertz CT molecular complexity index is 401. The second-order valence-electron chi connectivity index (χ2n) is 4.01. The van der Waals surface area contributed by atoms with Crippen molar-refractivity contribution in [1.82, 2.24) is 0 Å². The van der Waals surface area contributed by atoms with Crippen LogP contribution in [0.1, 0.15) is 51.2 Å². The molecule has 0 radical (unpaired) electrons. The first kappa shape index (κ1) is 17.5. The molecule has 0 spiro atoms. The number of halogens is 3.